The first-order chi connectivity index (χ1) is 14.7. The second-order valence-corrected chi connectivity index (χ2v) is 9.88. The molecular formula is C26H38N2O3. The van der Waals surface area contributed by atoms with Crippen molar-refractivity contribution < 1.29 is 14.3 Å². The normalized spacial score (nSPS) is 21.5. The highest BCUT2D eigenvalue weighted by molar-refractivity contribution is 5.95. The van der Waals surface area contributed by atoms with Crippen molar-refractivity contribution in [2.75, 3.05) is 39.8 Å². The molecule has 170 valence electrons. The summed E-state index contributed by atoms with van der Waals surface area (Å²) in [6, 6.07) is 5.86. The van der Waals surface area contributed by atoms with Gasteiger partial charge in [0.2, 0.25) is 0 Å². The Balaban J connectivity index is 1.70. The van der Waals surface area contributed by atoms with E-state index in [2.05, 4.69) is 44.4 Å². The average molecular weight is 427 g/mol. The molecule has 1 aromatic carbocycles. The lowest BCUT2D eigenvalue weighted by Crippen LogP contribution is -2.60. The molecule has 0 aliphatic carbocycles. The summed E-state index contributed by atoms with van der Waals surface area (Å²) in [5.41, 5.74) is 1.60. The van der Waals surface area contributed by atoms with Crippen LogP contribution >= 0.6 is 0 Å². The highest BCUT2D eigenvalue weighted by Crippen LogP contribution is 2.35. The number of nitrogens with zero attached hydrogens (tertiary/aromatic N) is 2. The van der Waals surface area contributed by atoms with E-state index in [1.54, 1.807) is 7.11 Å². The zero-order valence-electron chi connectivity index (χ0n) is 20.1. The monoisotopic (exact) mass is 426 g/mol. The zero-order valence-corrected chi connectivity index (χ0v) is 20.1. The number of piperidine rings is 1. The molecule has 1 aromatic rings. The lowest BCUT2D eigenvalue weighted by Gasteiger charge is -2.49. The van der Waals surface area contributed by atoms with Crippen LogP contribution in [0.15, 0.2) is 18.2 Å². The first kappa shape index (κ1) is 23.6. The predicted molar refractivity (Wildman–Crippen MR) is 125 cm³/mol. The maximum Gasteiger partial charge on any atom is 0.253 e. The maximum absolute atomic E-state index is 13.2. The quantitative estimate of drug-likeness (QED) is 0.680. The molecule has 2 fully saturated rings. The molecule has 2 heterocycles. The van der Waals surface area contributed by atoms with Crippen LogP contribution in [0.1, 0.15) is 69.8 Å². The Morgan fingerprint density at radius 2 is 2.00 bits per heavy atom. The van der Waals surface area contributed by atoms with Gasteiger partial charge in [-0.2, -0.15) is 0 Å². The number of carbonyl (C=O) groups is 1. The Morgan fingerprint density at radius 3 is 2.58 bits per heavy atom. The number of benzene rings is 1. The van der Waals surface area contributed by atoms with E-state index in [0.717, 1.165) is 50.2 Å². The van der Waals surface area contributed by atoms with Gasteiger partial charge in [-0.15, -0.1) is 5.92 Å². The molecule has 0 bridgehead atoms. The van der Waals surface area contributed by atoms with Crippen LogP contribution < -0.4 is 4.74 Å². The minimum absolute atomic E-state index is 0.0351. The molecule has 0 radical (unpaired) electrons. The molecule has 2 aliphatic rings. The Bertz CT molecular complexity index is 838. The fourth-order valence-electron chi connectivity index (χ4n) is 4.73. The minimum atomic E-state index is -0.168. The van der Waals surface area contributed by atoms with Gasteiger partial charge in [0.05, 0.1) is 25.4 Å². The standard InChI is InChI=1S/C26H38N2O3/c1-7-9-14-27-18-21(8-2)31-26(19-27)12-15-28(16-13-26)24(29)20-10-11-22(25(3,4)5)23(17-20)30-6/h10-11,17,21H,8,12-16,18-19H2,1-6H3. The van der Waals surface area contributed by atoms with Gasteiger partial charge in [-0.3, -0.25) is 9.69 Å². The predicted octanol–water partition coefficient (Wildman–Crippen LogP) is 4.10. The topological polar surface area (TPSA) is 42.0 Å². The van der Waals surface area contributed by atoms with Crippen LogP contribution in [0.3, 0.4) is 0 Å². The zero-order chi connectivity index (χ0) is 22.6. The minimum Gasteiger partial charge on any atom is -0.496 e. The molecule has 1 spiro atoms. The third-order valence-electron chi connectivity index (χ3n) is 6.54. The van der Waals surface area contributed by atoms with Crippen molar-refractivity contribution in [2.45, 2.75) is 71.0 Å². The number of rotatable bonds is 4. The van der Waals surface area contributed by atoms with Gasteiger partial charge >= 0.3 is 0 Å². The Hall–Kier alpha value is -2.03. The van der Waals surface area contributed by atoms with Crippen LogP contribution in [0.2, 0.25) is 0 Å². The van der Waals surface area contributed by atoms with Crippen molar-refractivity contribution in [3.63, 3.8) is 0 Å². The second kappa shape index (κ2) is 9.63. The second-order valence-electron chi connectivity index (χ2n) is 9.88. The van der Waals surface area contributed by atoms with E-state index < -0.39 is 0 Å². The Morgan fingerprint density at radius 1 is 1.29 bits per heavy atom. The SMILES string of the molecule is CC#CCN1CC(CC)OC2(CCN(C(=O)c3ccc(C(C)(C)C)c(OC)c3)CC2)C1. The molecule has 0 aromatic heterocycles. The van der Waals surface area contributed by atoms with Crippen molar-refractivity contribution in [1.29, 1.82) is 0 Å². The molecule has 0 N–H and O–H groups in total. The highest BCUT2D eigenvalue weighted by atomic mass is 16.5. The summed E-state index contributed by atoms with van der Waals surface area (Å²) in [5.74, 6) is 7.06. The summed E-state index contributed by atoms with van der Waals surface area (Å²) in [6.45, 7) is 14.6. The van der Waals surface area contributed by atoms with Crippen molar-refractivity contribution in [3.8, 4) is 17.6 Å². The highest BCUT2D eigenvalue weighted by Gasteiger charge is 2.43. The van der Waals surface area contributed by atoms with Gasteiger partial charge in [0.15, 0.2) is 0 Å². The van der Waals surface area contributed by atoms with Gasteiger partial charge in [-0.1, -0.05) is 39.7 Å². The van der Waals surface area contributed by atoms with Gasteiger partial charge in [0.25, 0.3) is 5.91 Å². The van der Waals surface area contributed by atoms with E-state index in [1.807, 2.05) is 30.0 Å². The van der Waals surface area contributed by atoms with Crippen LogP contribution in [-0.2, 0) is 10.2 Å². The van der Waals surface area contributed by atoms with E-state index in [9.17, 15) is 4.79 Å². The number of likely N-dealkylation sites (tertiary alicyclic amines) is 1. The number of methoxy groups -OCH3 is 1. The summed E-state index contributed by atoms with van der Waals surface area (Å²) in [5, 5.41) is 0. The molecule has 0 saturated carbocycles. The number of hydrogen-bond acceptors (Lipinski definition) is 4. The summed E-state index contributed by atoms with van der Waals surface area (Å²) in [4.78, 5) is 17.6. The van der Waals surface area contributed by atoms with E-state index in [-0.39, 0.29) is 23.0 Å². The Kier molecular flexibility index (Phi) is 7.34. The van der Waals surface area contributed by atoms with Gasteiger partial charge in [-0.25, -0.2) is 0 Å². The van der Waals surface area contributed by atoms with Crippen molar-refractivity contribution >= 4 is 5.91 Å². The summed E-state index contributed by atoms with van der Waals surface area (Å²) in [6.07, 6.45) is 2.97. The third kappa shape index (κ3) is 5.42. The lowest BCUT2D eigenvalue weighted by atomic mass is 9.85. The molecule has 1 atom stereocenters. The van der Waals surface area contributed by atoms with Gasteiger partial charge in [0, 0.05) is 31.7 Å². The van der Waals surface area contributed by atoms with Crippen molar-refractivity contribution in [3.05, 3.63) is 29.3 Å². The van der Waals surface area contributed by atoms with Gasteiger partial charge < -0.3 is 14.4 Å². The molecule has 2 saturated heterocycles. The molecular weight excluding hydrogens is 388 g/mol. The number of morpholine rings is 1. The fourth-order valence-corrected chi connectivity index (χ4v) is 4.73. The first-order valence-electron chi connectivity index (χ1n) is 11.5. The molecule has 1 unspecified atom stereocenters. The number of carbonyl (C=O) groups excluding carboxylic acids is 1. The molecule has 31 heavy (non-hydrogen) atoms. The van der Waals surface area contributed by atoms with Crippen molar-refractivity contribution in [1.82, 2.24) is 9.80 Å². The van der Waals surface area contributed by atoms with Gasteiger partial charge in [-0.05, 0) is 49.3 Å². The smallest absolute Gasteiger partial charge is 0.253 e. The lowest BCUT2D eigenvalue weighted by molar-refractivity contribution is -0.171. The summed E-state index contributed by atoms with van der Waals surface area (Å²) >= 11 is 0. The molecule has 2 aliphatic heterocycles. The number of hydrogen-bond donors (Lipinski definition) is 0. The van der Waals surface area contributed by atoms with E-state index in [4.69, 9.17) is 9.47 Å². The summed E-state index contributed by atoms with van der Waals surface area (Å²) < 4.78 is 12.2. The molecule has 1 amide bonds. The fraction of sp³-hybridized carbons (Fsp3) is 0.654. The third-order valence-corrected chi connectivity index (χ3v) is 6.54. The van der Waals surface area contributed by atoms with Gasteiger partial charge in [0.1, 0.15) is 5.75 Å². The Labute approximate surface area is 188 Å². The average Bonchev–Trinajstić information content (AvgIpc) is 2.76. The number of ether oxygens (including phenoxy) is 2. The van der Waals surface area contributed by atoms with Crippen LogP contribution in [-0.4, -0.2) is 67.2 Å². The summed E-state index contributed by atoms with van der Waals surface area (Å²) in [7, 11) is 1.67. The van der Waals surface area contributed by atoms with Crippen molar-refractivity contribution in [2.24, 2.45) is 0 Å². The van der Waals surface area contributed by atoms with Crippen LogP contribution in [0, 0.1) is 11.8 Å². The molecule has 3 rings (SSSR count). The largest absolute Gasteiger partial charge is 0.496 e. The molecule has 5 heteroatoms. The number of amides is 1. The van der Waals surface area contributed by atoms with E-state index in [0.29, 0.717) is 18.7 Å². The van der Waals surface area contributed by atoms with Crippen LogP contribution in [0.25, 0.3) is 0 Å². The van der Waals surface area contributed by atoms with Crippen LogP contribution in [0.4, 0.5) is 0 Å². The molecule has 5 nitrogen and oxygen atoms in total. The van der Waals surface area contributed by atoms with E-state index >= 15 is 0 Å². The van der Waals surface area contributed by atoms with E-state index in [1.165, 1.54) is 0 Å². The first-order valence-corrected chi connectivity index (χ1v) is 11.5. The van der Waals surface area contributed by atoms with Crippen LogP contribution in [0.5, 0.6) is 5.75 Å². The maximum atomic E-state index is 13.2.